The Morgan fingerprint density at radius 3 is 2.92 bits per heavy atom. The van der Waals surface area contributed by atoms with Crippen LogP contribution in [-0.4, -0.2) is 40.0 Å². The van der Waals surface area contributed by atoms with E-state index in [1.807, 2.05) is 0 Å². The molecule has 1 atom stereocenters. The molecule has 0 unspecified atom stereocenters. The van der Waals surface area contributed by atoms with Crippen LogP contribution in [0, 0.1) is 11.7 Å². The first-order chi connectivity index (χ1) is 12.0. The van der Waals surface area contributed by atoms with Crippen LogP contribution in [0.3, 0.4) is 0 Å². The topological polar surface area (TPSA) is 70.5 Å². The Balaban J connectivity index is 1.69. The van der Waals surface area contributed by atoms with E-state index in [4.69, 9.17) is 5.11 Å². The van der Waals surface area contributed by atoms with Crippen molar-refractivity contribution in [2.75, 3.05) is 13.1 Å². The summed E-state index contributed by atoms with van der Waals surface area (Å²) in [6.07, 6.45) is 2.51. The number of thiazole rings is 1. The quantitative estimate of drug-likeness (QED) is 0.881. The number of piperidine rings is 1. The van der Waals surface area contributed by atoms with Gasteiger partial charge in [0.2, 0.25) is 0 Å². The monoisotopic (exact) mass is 362 g/mol. The maximum absolute atomic E-state index is 13.9. The minimum absolute atomic E-state index is 0.126. The summed E-state index contributed by atoms with van der Waals surface area (Å²) in [6, 6.07) is 6.36. The van der Waals surface area contributed by atoms with E-state index in [2.05, 4.69) is 4.98 Å². The largest absolute Gasteiger partial charge is 0.481 e. The van der Waals surface area contributed by atoms with Gasteiger partial charge in [0, 0.05) is 30.5 Å². The fraction of sp³-hybridized carbons (Fsp3) is 0.389. The van der Waals surface area contributed by atoms with E-state index in [0.29, 0.717) is 35.8 Å². The van der Waals surface area contributed by atoms with E-state index in [1.165, 1.54) is 17.4 Å². The summed E-state index contributed by atoms with van der Waals surface area (Å²) in [5.41, 5.74) is 0.715. The standard InChI is InChI=1S/C18H19FN2O3S/c19-14-6-2-1-5-13(14)17-20-15(11-25-17)18(24)21-9-3-4-12(10-21)7-8-16(22)23/h1-2,5-6,11-12H,3-4,7-10H2,(H,22,23)/t12-/m1/s1. The summed E-state index contributed by atoms with van der Waals surface area (Å²) in [7, 11) is 0. The predicted octanol–water partition coefficient (Wildman–Crippen LogP) is 3.67. The molecule has 0 radical (unpaired) electrons. The molecule has 25 heavy (non-hydrogen) atoms. The third-order valence-electron chi connectivity index (χ3n) is 4.40. The SMILES string of the molecule is O=C(O)CC[C@H]1CCCN(C(=O)c2csc(-c3ccccc3F)n2)C1. The van der Waals surface area contributed by atoms with Gasteiger partial charge in [-0.3, -0.25) is 9.59 Å². The van der Waals surface area contributed by atoms with Gasteiger partial charge in [0.05, 0.1) is 0 Å². The van der Waals surface area contributed by atoms with Crippen molar-refractivity contribution in [3.8, 4) is 10.6 Å². The van der Waals surface area contributed by atoms with Crippen LogP contribution in [-0.2, 0) is 4.79 Å². The molecule has 7 heteroatoms. The highest BCUT2D eigenvalue weighted by atomic mass is 32.1. The van der Waals surface area contributed by atoms with Gasteiger partial charge in [-0.2, -0.15) is 0 Å². The molecule has 1 amide bonds. The molecule has 0 bridgehead atoms. The number of carboxylic acids is 1. The number of benzene rings is 1. The predicted molar refractivity (Wildman–Crippen MR) is 93.0 cm³/mol. The highest BCUT2D eigenvalue weighted by Gasteiger charge is 2.26. The third kappa shape index (κ3) is 4.22. The second kappa shape index (κ2) is 7.74. The number of carbonyl (C=O) groups excluding carboxylic acids is 1. The molecule has 1 N–H and O–H groups in total. The molecule has 0 aliphatic carbocycles. The Morgan fingerprint density at radius 1 is 1.36 bits per heavy atom. The zero-order chi connectivity index (χ0) is 17.8. The van der Waals surface area contributed by atoms with E-state index in [9.17, 15) is 14.0 Å². The molecule has 1 aromatic heterocycles. The summed E-state index contributed by atoms with van der Waals surface area (Å²) < 4.78 is 13.9. The first-order valence-electron chi connectivity index (χ1n) is 8.26. The Hall–Kier alpha value is -2.28. The Labute approximate surface area is 149 Å². The van der Waals surface area contributed by atoms with Gasteiger partial charge < -0.3 is 10.0 Å². The van der Waals surface area contributed by atoms with Crippen LogP contribution in [0.2, 0.25) is 0 Å². The van der Waals surface area contributed by atoms with Crippen molar-refractivity contribution in [3.05, 3.63) is 41.2 Å². The summed E-state index contributed by atoms with van der Waals surface area (Å²) in [5, 5.41) is 11.0. The minimum atomic E-state index is -0.808. The van der Waals surface area contributed by atoms with E-state index in [1.54, 1.807) is 28.5 Å². The molecule has 5 nitrogen and oxygen atoms in total. The lowest BCUT2D eigenvalue weighted by molar-refractivity contribution is -0.137. The van der Waals surface area contributed by atoms with E-state index < -0.39 is 5.97 Å². The van der Waals surface area contributed by atoms with E-state index in [-0.39, 0.29) is 24.1 Å². The fourth-order valence-corrected chi connectivity index (χ4v) is 3.93. The summed E-state index contributed by atoms with van der Waals surface area (Å²) in [6.45, 7) is 1.20. The molecule has 1 fully saturated rings. The molecule has 1 aliphatic heterocycles. The van der Waals surface area contributed by atoms with Crippen LogP contribution in [0.4, 0.5) is 4.39 Å². The zero-order valence-electron chi connectivity index (χ0n) is 13.7. The average molecular weight is 362 g/mol. The number of rotatable bonds is 5. The first kappa shape index (κ1) is 17.5. The number of aromatic nitrogens is 1. The van der Waals surface area contributed by atoms with E-state index >= 15 is 0 Å². The second-order valence-corrected chi connectivity index (χ2v) is 7.07. The van der Waals surface area contributed by atoms with Crippen LogP contribution in [0.15, 0.2) is 29.6 Å². The van der Waals surface area contributed by atoms with Crippen LogP contribution in [0.1, 0.15) is 36.2 Å². The molecule has 0 spiro atoms. The molecule has 1 aliphatic rings. The lowest BCUT2D eigenvalue weighted by Gasteiger charge is -2.32. The number of hydrogen-bond donors (Lipinski definition) is 1. The number of aliphatic carboxylic acids is 1. The Kier molecular flexibility index (Phi) is 5.43. The normalized spacial score (nSPS) is 17.5. The Bertz CT molecular complexity index is 777. The highest BCUT2D eigenvalue weighted by Crippen LogP contribution is 2.28. The molecule has 132 valence electrons. The maximum Gasteiger partial charge on any atom is 0.303 e. The molecule has 2 heterocycles. The van der Waals surface area contributed by atoms with Gasteiger partial charge in [-0.05, 0) is 37.3 Å². The van der Waals surface area contributed by atoms with Gasteiger partial charge in [-0.1, -0.05) is 12.1 Å². The molecule has 2 aromatic rings. The lowest BCUT2D eigenvalue weighted by Crippen LogP contribution is -2.40. The van der Waals surface area contributed by atoms with E-state index in [0.717, 1.165) is 12.8 Å². The van der Waals surface area contributed by atoms with Gasteiger partial charge in [0.25, 0.3) is 5.91 Å². The van der Waals surface area contributed by atoms with Crippen molar-refractivity contribution >= 4 is 23.2 Å². The maximum atomic E-state index is 13.9. The van der Waals surface area contributed by atoms with Crippen molar-refractivity contribution in [1.82, 2.24) is 9.88 Å². The highest BCUT2D eigenvalue weighted by molar-refractivity contribution is 7.13. The van der Waals surface area contributed by atoms with Gasteiger partial charge in [-0.25, -0.2) is 9.37 Å². The average Bonchev–Trinajstić information content (AvgIpc) is 3.10. The van der Waals surface area contributed by atoms with Crippen LogP contribution in [0.25, 0.3) is 10.6 Å². The number of carbonyl (C=O) groups is 2. The van der Waals surface area contributed by atoms with Gasteiger partial charge >= 0.3 is 5.97 Å². The molecular formula is C18H19FN2O3S. The van der Waals surface area contributed by atoms with Crippen LogP contribution < -0.4 is 0 Å². The van der Waals surface area contributed by atoms with Crippen LogP contribution >= 0.6 is 11.3 Å². The summed E-state index contributed by atoms with van der Waals surface area (Å²) in [4.78, 5) is 29.4. The number of halogens is 1. The number of nitrogens with zero attached hydrogens (tertiary/aromatic N) is 2. The molecular weight excluding hydrogens is 343 g/mol. The lowest BCUT2D eigenvalue weighted by atomic mass is 9.93. The number of carboxylic acid groups (broad SMARTS) is 1. The second-order valence-electron chi connectivity index (χ2n) is 6.21. The van der Waals surface area contributed by atoms with Gasteiger partial charge in [0.1, 0.15) is 16.5 Å². The number of amides is 1. The minimum Gasteiger partial charge on any atom is -0.481 e. The molecule has 1 saturated heterocycles. The van der Waals surface area contributed by atoms with Crippen molar-refractivity contribution in [2.45, 2.75) is 25.7 Å². The smallest absolute Gasteiger partial charge is 0.303 e. The fourth-order valence-electron chi connectivity index (χ4n) is 3.11. The Morgan fingerprint density at radius 2 is 2.16 bits per heavy atom. The molecule has 1 aromatic carbocycles. The van der Waals surface area contributed by atoms with Crippen molar-refractivity contribution < 1.29 is 19.1 Å². The van der Waals surface area contributed by atoms with Gasteiger partial charge in [-0.15, -0.1) is 11.3 Å². The summed E-state index contributed by atoms with van der Waals surface area (Å²) in [5.74, 6) is -1.13. The van der Waals surface area contributed by atoms with Crippen molar-refractivity contribution in [3.63, 3.8) is 0 Å². The van der Waals surface area contributed by atoms with Crippen LogP contribution in [0.5, 0.6) is 0 Å². The first-order valence-corrected chi connectivity index (χ1v) is 9.14. The summed E-state index contributed by atoms with van der Waals surface area (Å²) >= 11 is 1.25. The number of likely N-dealkylation sites (tertiary alicyclic amines) is 1. The number of hydrogen-bond acceptors (Lipinski definition) is 4. The third-order valence-corrected chi connectivity index (χ3v) is 5.28. The van der Waals surface area contributed by atoms with Gasteiger partial charge in [0.15, 0.2) is 0 Å². The molecule has 0 saturated carbocycles. The van der Waals surface area contributed by atoms with Crippen molar-refractivity contribution in [1.29, 1.82) is 0 Å². The molecule has 3 rings (SSSR count). The van der Waals surface area contributed by atoms with Crippen molar-refractivity contribution in [2.24, 2.45) is 5.92 Å². The zero-order valence-corrected chi connectivity index (χ0v) is 14.5.